The second-order valence-electron chi connectivity index (χ2n) is 4.11. The number of aromatic nitrogens is 5. The molecule has 0 amide bonds. The third kappa shape index (κ3) is 2.92. The molecule has 3 aromatic rings. The molecule has 3 rings (SSSR count). The van der Waals surface area contributed by atoms with Crippen LogP contribution in [0.3, 0.4) is 0 Å². The van der Waals surface area contributed by atoms with Gasteiger partial charge in [0.2, 0.25) is 17.8 Å². The van der Waals surface area contributed by atoms with E-state index in [-0.39, 0.29) is 0 Å². The first kappa shape index (κ1) is 13.3. The van der Waals surface area contributed by atoms with E-state index in [1.807, 2.05) is 18.2 Å². The highest BCUT2D eigenvalue weighted by molar-refractivity contribution is 6.33. The van der Waals surface area contributed by atoms with Gasteiger partial charge in [-0.1, -0.05) is 23.7 Å². The number of anilines is 3. The van der Waals surface area contributed by atoms with Crippen molar-refractivity contribution in [3.8, 4) is 5.95 Å². The van der Waals surface area contributed by atoms with Gasteiger partial charge in [-0.3, -0.25) is 4.57 Å². The lowest BCUT2D eigenvalue weighted by atomic mass is 10.3. The van der Waals surface area contributed by atoms with Crippen molar-refractivity contribution in [2.24, 2.45) is 0 Å². The molecule has 2 aromatic heterocycles. The monoisotopic (exact) mass is 301 g/mol. The van der Waals surface area contributed by atoms with Crippen molar-refractivity contribution >= 4 is 29.2 Å². The minimum Gasteiger partial charge on any atom is -0.357 e. The molecule has 0 aliphatic heterocycles. The van der Waals surface area contributed by atoms with Crippen LogP contribution in [-0.4, -0.2) is 31.6 Å². The number of para-hydroxylation sites is 1. The molecule has 0 atom stereocenters. The lowest BCUT2D eigenvalue weighted by Crippen LogP contribution is -2.08. The van der Waals surface area contributed by atoms with E-state index < -0.39 is 0 Å². The molecule has 0 spiro atoms. The van der Waals surface area contributed by atoms with Crippen LogP contribution in [0.2, 0.25) is 5.02 Å². The predicted octanol–water partition coefficient (Wildman–Crippen LogP) is 2.50. The molecule has 0 saturated heterocycles. The maximum atomic E-state index is 6.12. The van der Waals surface area contributed by atoms with Crippen LogP contribution in [-0.2, 0) is 0 Å². The zero-order chi connectivity index (χ0) is 14.7. The number of nitrogens with one attached hydrogen (secondary N) is 2. The Morgan fingerprint density at radius 3 is 2.62 bits per heavy atom. The van der Waals surface area contributed by atoms with Crippen LogP contribution < -0.4 is 10.6 Å². The summed E-state index contributed by atoms with van der Waals surface area (Å²) < 4.78 is 1.69. The SMILES string of the molecule is CNc1nc(Nc2ccccc2Cl)nc(-n2ccnc2)n1. The molecule has 0 bridgehead atoms. The molecule has 2 N–H and O–H groups in total. The number of halogens is 1. The molecule has 0 aliphatic rings. The van der Waals surface area contributed by atoms with Crippen LogP contribution in [0.4, 0.5) is 17.6 Å². The Kier molecular flexibility index (Phi) is 3.65. The Morgan fingerprint density at radius 2 is 1.90 bits per heavy atom. The van der Waals surface area contributed by atoms with Crippen LogP contribution in [0.25, 0.3) is 5.95 Å². The van der Waals surface area contributed by atoms with Crippen molar-refractivity contribution in [1.29, 1.82) is 0 Å². The van der Waals surface area contributed by atoms with Crippen molar-refractivity contribution in [2.75, 3.05) is 17.7 Å². The summed E-state index contributed by atoms with van der Waals surface area (Å²) in [6, 6.07) is 7.38. The van der Waals surface area contributed by atoms with E-state index in [2.05, 4.69) is 30.6 Å². The van der Waals surface area contributed by atoms with Crippen molar-refractivity contribution in [2.45, 2.75) is 0 Å². The predicted molar refractivity (Wildman–Crippen MR) is 81.2 cm³/mol. The van der Waals surface area contributed by atoms with Gasteiger partial charge >= 0.3 is 0 Å². The first-order valence-electron chi connectivity index (χ1n) is 6.20. The summed E-state index contributed by atoms with van der Waals surface area (Å²) in [7, 11) is 1.74. The van der Waals surface area contributed by atoms with E-state index in [4.69, 9.17) is 11.6 Å². The van der Waals surface area contributed by atoms with Crippen LogP contribution in [0.5, 0.6) is 0 Å². The van der Waals surface area contributed by atoms with Gasteiger partial charge in [-0.15, -0.1) is 0 Å². The second-order valence-corrected chi connectivity index (χ2v) is 4.51. The number of rotatable bonds is 4. The third-order valence-electron chi connectivity index (χ3n) is 2.70. The minimum atomic E-state index is 0.395. The van der Waals surface area contributed by atoms with Gasteiger partial charge in [0.05, 0.1) is 10.7 Å². The zero-order valence-corrected chi connectivity index (χ0v) is 11.9. The fourth-order valence-corrected chi connectivity index (χ4v) is 1.89. The van der Waals surface area contributed by atoms with Gasteiger partial charge in [-0.25, -0.2) is 4.98 Å². The topological polar surface area (TPSA) is 80.5 Å². The smallest absolute Gasteiger partial charge is 0.241 e. The molecule has 2 heterocycles. The van der Waals surface area contributed by atoms with Gasteiger partial charge in [0.25, 0.3) is 0 Å². The normalized spacial score (nSPS) is 10.4. The van der Waals surface area contributed by atoms with Crippen molar-refractivity contribution in [3.05, 3.63) is 48.0 Å². The standard InChI is InChI=1S/C13H12ClN7/c1-15-11-18-12(17-10-5-3-2-4-9(10)14)20-13(19-11)21-7-6-16-8-21/h2-8H,1H3,(H2,15,17,18,19,20). The molecule has 0 aliphatic carbocycles. The molecule has 0 unspecified atom stereocenters. The summed E-state index contributed by atoms with van der Waals surface area (Å²) in [5.74, 6) is 1.30. The summed E-state index contributed by atoms with van der Waals surface area (Å²) in [6.45, 7) is 0. The lowest BCUT2D eigenvalue weighted by molar-refractivity contribution is 0.902. The summed E-state index contributed by atoms with van der Waals surface area (Å²) in [4.78, 5) is 16.9. The largest absolute Gasteiger partial charge is 0.357 e. The van der Waals surface area contributed by atoms with Crippen molar-refractivity contribution < 1.29 is 0 Å². The van der Waals surface area contributed by atoms with E-state index in [9.17, 15) is 0 Å². The Bertz CT molecular complexity index is 742. The molecule has 8 heteroatoms. The number of imidazole rings is 1. The highest BCUT2D eigenvalue weighted by atomic mass is 35.5. The fourth-order valence-electron chi connectivity index (χ4n) is 1.71. The molecular weight excluding hydrogens is 290 g/mol. The number of nitrogens with zero attached hydrogens (tertiary/aromatic N) is 5. The number of hydrogen-bond donors (Lipinski definition) is 2. The third-order valence-corrected chi connectivity index (χ3v) is 3.03. The number of hydrogen-bond acceptors (Lipinski definition) is 6. The van der Waals surface area contributed by atoms with E-state index in [1.54, 1.807) is 36.4 Å². The van der Waals surface area contributed by atoms with E-state index >= 15 is 0 Å². The second kappa shape index (κ2) is 5.76. The quantitative estimate of drug-likeness (QED) is 0.770. The Morgan fingerprint density at radius 1 is 1.10 bits per heavy atom. The first-order valence-corrected chi connectivity index (χ1v) is 6.58. The highest BCUT2D eigenvalue weighted by Crippen LogP contribution is 2.23. The van der Waals surface area contributed by atoms with Gasteiger partial charge in [-0.05, 0) is 12.1 Å². The highest BCUT2D eigenvalue weighted by Gasteiger charge is 2.08. The fraction of sp³-hybridized carbons (Fsp3) is 0.0769. The van der Waals surface area contributed by atoms with Gasteiger partial charge < -0.3 is 10.6 Å². The van der Waals surface area contributed by atoms with Gasteiger partial charge in [-0.2, -0.15) is 15.0 Å². The molecular formula is C13H12ClN7. The van der Waals surface area contributed by atoms with Gasteiger partial charge in [0, 0.05) is 19.4 Å². The van der Waals surface area contributed by atoms with E-state index in [1.165, 1.54) is 0 Å². The van der Waals surface area contributed by atoms with Crippen LogP contribution in [0.15, 0.2) is 43.0 Å². The molecule has 0 radical (unpaired) electrons. The lowest BCUT2D eigenvalue weighted by Gasteiger charge is -2.09. The van der Waals surface area contributed by atoms with Gasteiger partial charge in [0.15, 0.2) is 0 Å². The first-order chi connectivity index (χ1) is 10.3. The Hall–Kier alpha value is -2.67. The summed E-state index contributed by atoms with van der Waals surface area (Å²) in [6.07, 6.45) is 5.03. The summed E-state index contributed by atoms with van der Waals surface area (Å²) >= 11 is 6.12. The summed E-state index contributed by atoms with van der Waals surface area (Å²) in [5, 5.41) is 6.57. The van der Waals surface area contributed by atoms with E-state index in [0.29, 0.717) is 22.9 Å². The van der Waals surface area contributed by atoms with Crippen LogP contribution in [0.1, 0.15) is 0 Å². The maximum Gasteiger partial charge on any atom is 0.241 e. The minimum absolute atomic E-state index is 0.395. The molecule has 0 saturated carbocycles. The average Bonchev–Trinajstić information content (AvgIpc) is 3.04. The van der Waals surface area contributed by atoms with Crippen LogP contribution in [0, 0.1) is 0 Å². The van der Waals surface area contributed by atoms with Gasteiger partial charge in [0.1, 0.15) is 6.33 Å². The molecule has 106 valence electrons. The zero-order valence-electron chi connectivity index (χ0n) is 11.2. The molecule has 21 heavy (non-hydrogen) atoms. The maximum absolute atomic E-state index is 6.12. The Balaban J connectivity index is 1.99. The van der Waals surface area contributed by atoms with Crippen molar-refractivity contribution in [1.82, 2.24) is 24.5 Å². The average molecular weight is 302 g/mol. The summed E-state index contributed by atoms with van der Waals surface area (Å²) in [5.41, 5.74) is 0.726. The number of benzene rings is 1. The Labute approximate surface area is 126 Å². The van der Waals surface area contributed by atoms with E-state index in [0.717, 1.165) is 5.69 Å². The molecule has 0 fully saturated rings. The van der Waals surface area contributed by atoms with Crippen molar-refractivity contribution in [3.63, 3.8) is 0 Å². The van der Waals surface area contributed by atoms with Crippen LogP contribution >= 0.6 is 11.6 Å². The molecule has 7 nitrogen and oxygen atoms in total. The molecule has 1 aromatic carbocycles.